The number of para-hydroxylation sites is 4. The van der Waals surface area contributed by atoms with Gasteiger partial charge in [-0.25, -0.2) is 0 Å². The van der Waals surface area contributed by atoms with Crippen molar-refractivity contribution in [2.45, 2.75) is 32.1 Å². The highest BCUT2D eigenvalue weighted by molar-refractivity contribution is 7.74. The van der Waals surface area contributed by atoms with Gasteiger partial charge in [0.15, 0.2) is 0 Å². The summed E-state index contributed by atoms with van der Waals surface area (Å²) in [4.78, 5) is 0. The summed E-state index contributed by atoms with van der Waals surface area (Å²) in [6, 6.07) is 34.3. The van der Waals surface area contributed by atoms with Crippen LogP contribution in [0.2, 0.25) is 0 Å². The third-order valence-corrected chi connectivity index (χ3v) is 14.2. The number of methoxy groups -OCH3 is 4. The van der Waals surface area contributed by atoms with Crippen molar-refractivity contribution < 1.29 is 18.9 Å². The molecule has 220 valence electrons. The highest BCUT2D eigenvalue weighted by Gasteiger charge is 2.40. The Kier molecular flexibility index (Phi) is 10.4. The summed E-state index contributed by atoms with van der Waals surface area (Å²) >= 11 is 0. The molecule has 0 atom stereocenters. The molecule has 0 bridgehead atoms. The zero-order valence-electron chi connectivity index (χ0n) is 25.2. The van der Waals surface area contributed by atoms with E-state index in [0.29, 0.717) is 0 Å². The molecule has 1 fully saturated rings. The van der Waals surface area contributed by atoms with Crippen molar-refractivity contribution in [3.63, 3.8) is 0 Å². The monoisotopic (exact) mass is 600 g/mol. The second-order valence-electron chi connectivity index (χ2n) is 10.9. The van der Waals surface area contributed by atoms with Gasteiger partial charge < -0.3 is 18.9 Å². The number of ether oxygens (including phenoxy) is 4. The second kappa shape index (κ2) is 14.4. The van der Waals surface area contributed by atoms with E-state index in [1.165, 1.54) is 53.3 Å². The SMILES string of the molecule is COc1ccccc1P(CC1(CP(c2ccccc2OC)c2ccccc2OC)CCCCC1)c1ccccc1OC. The van der Waals surface area contributed by atoms with Crippen molar-refractivity contribution in [2.24, 2.45) is 5.41 Å². The van der Waals surface area contributed by atoms with Crippen LogP contribution in [0, 0.1) is 5.41 Å². The van der Waals surface area contributed by atoms with Gasteiger partial charge in [-0.3, -0.25) is 0 Å². The van der Waals surface area contributed by atoms with E-state index >= 15 is 0 Å². The molecule has 6 heteroatoms. The van der Waals surface area contributed by atoms with Gasteiger partial charge in [0.05, 0.1) is 28.4 Å². The first-order valence-corrected chi connectivity index (χ1v) is 17.8. The van der Waals surface area contributed by atoms with E-state index in [0.717, 1.165) is 35.3 Å². The molecular formula is C36H42O4P2. The molecule has 0 radical (unpaired) electrons. The van der Waals surface area contributed by atoms with E-state index in [-0.39, 0.29) is 5.41 Å². The lowest BCUT2D eigenvalue weighted by atomic mass is 9.77. The molecule has 1 saturated carbocycles. The molecule has 0 amide bonds. The summed E-state index contributed by atoms with van der Waals surface area (Å²) < 4.78 is 23.9. The fourth-order valence-electron chi connectivity index (χ4n) is 6.35. The molecule has 4 aromatic carbocycles. The Morgan fingerprint density at radius 3 is 1.02 bits per heavy atom. The zero-order chi connectivity index (χ0) is 29.4. The fourth-order valence-corrected chi connectivity index (χ4v) is 12.7. The molecule has 0 heterocycles. The third kappa shape index (κ3) is 6.61. The van der Waals surface area contributed by atoms with Crippen LogP contribution in [-0.2, 0) is 0 Å². The topological polar surface area (TPSA) is 36.9 Å². The first kappa shape index (κ1) is 30.4. The van der Waals surface area contributed by atoms with Crippen LogP contribution < -0.4 is 40.2 Å². The van der Waals surface area contributed by atoms with Crippen LogP contribution in [0.15, 0.2) is 97.1 Å². The zero-order valence-corrected chi connectivity index (χ0v) is 27.0. The van der Waals surface area contributed by atoms with Crippen LogP contribution in [-0.4, -0.2) is 40.8 Å². The maximum absolute atomic E-state index is 5.97. The Bertz CT molecular complexity index is 1250. The molecule has 1 aliphatic rings. The molecule has 0 saturated heterocycles. The van der Waals surface area contributed by atoms with Gasteiger partial charge in [0.2, 0.25) is 0 Å². The lowest BCUT2D eigenvalue weighted by Gasteiger charge is -2.43. The summed E-state index contributed by atoms with van der Waals surface area (Å²) in [5.74, 6) is 3.82. The Labute approximate surface area is 253 Å². The Morgan fingerprint density at radius 1 is 0.452 bits per heavy atom. The Balaban J connectivity index is 1.66. The van der Waals surface area contributed by atoms with Gasteiger partial charge in [-0.05, 0) is 70.7 Å². The van der Waals surface area contributed by atoms with Crippen LogP contribution in [0.5, 0.6) is 23.0 Å². The number of rotatable bonds is 12. The maximum atomic E-state index is 5.97. The third-order valence-electron chi connectivity index (χ3n) is 8.41. The van der Waals surface area contributed by atoms with Crippen molar-refractivity contribution in [3.8, 4) is 23.0 Å². The standard InChI is InChI=1S/C36H42O4P2/c1-37-28-16-6-10-20-32(28)41(33-21-11-7-17-29(33)38-2)26-36(24-14-5-15-25-36)27-42(34-22-12-8-18-30(34)39-3)35-23-13-9-19-31(35)40-4/h6-13,16-23H,5,14-15,24-27H2,1-4H3. The van der Waals surface area contributed by atoms with E-state index in [2.05, 4.69) is 97.1 Å². The minimum Gasteiger partial charge on any atom is -0.496 e. The average Bonchev–Trinajstić information content (AvgIpc) is 3.06. The molecule has 42 heavy (non-hydrogen) atoms. The predicted molar refractivity (Wildman–Crippen MR) is 180 cm³/mol. The van der Waals surface area contributed by atoms with Gasteiger partial charge >= 0.3 is 0 Å². The Hall–Kier alpha value is -3.06. The quantitative estimate of drug-likeness (QED) is 0.161. The normalized spacial score (nSPS) is 14.5. The molecule has 4 aromatic rings. The average molecular weight is 601 g/mol. The van der Waals surface area contributed by atoms with Crippen LogP contribution in [0.1, 0.15) is 32.1 Å². The van der Waals surface area contributed by atoms with E-state index in [4.69, 9.17) is 18.9 Å². The highest BCUT2D eigenvalue weighted by atomic mass is 31.1. The number of hydrogen-bond donors (Lipinski definition) is 0. The molecule has 0 N–H and O–H groups in total. The summed E-state index contributed by atoms with van der Waals surface area (Å²) in [5.41, 5.74) is 0.138. The van der Waals surface area contributed by atoms with Crippen molar-refractivity contribution in [1.82, 2.24) is 0 Å². The first-order chi connectivity index (χ1) is 20.6. The van der Waals surface area contributed by atoms with Gasteiger partial charge in [-0.1, -0.05) is 92.1 Å². The van der Waals surface area contributed by atoms with Crippen molar-refractivity contribution in [1.29, 1.82) is 0 Å². The first-order valence-electron chi connectivity index (χ1n) is 14.7. The van der Waals surface area contributed by atoms with Crippen LogP contribution in [0.3, 0.4) is 0 Å². The fraction of sp³-hybridized carbons (Fsp3) is 0.333. The van der Waals surface area contributed by atoms with Crippen LogP contribution in [0.4, 0.5) is 0 Å². The molecule has 0 unspecified atom stereocenters. The van der Waals surface area contributed by atoms with Gasteiger partial charge in [0.25, 0.3) is 0 Å². The predicted octanol–water partition coefficient (Wildman–Crippen LogP) is 7.24. The van der Waals surface area contributed by atoms with Gasteiger partial charge in [-0.15, -0.1) is 0 Å². The largest absolute Gasteiger partial charge is 0.496 e. The summed E-state index contributed by atoms with van der Waals surface area (Å²) in [6.07, 6.45) is 8.37. The lowest BCUT2D eigenvalue weighted by Crippen LogP contribution is -2.37. The molecule has 1 aliphatic carbocycles. The Morgan fingerprint density at radius 2 is 0.738 bits per heavy atom. The van der Waals surface area contributed by atoms with E-state index in [9.17, 15) is 0 Å². The van der Waals surface area contributed by atoms with E-state index in [1.807, 2.05) is 0 Å². The number of benzene rings is 4. The lowest BCUT2D eigenvalue weighted by molar-refractivity contribution is 0.255. The van der Waals surface area contributed by atoms with E-state index in [1.54, 1.807) is 28.4 Å². The van der Waals surface area contributed by atoms with Gasteiger partial charge in [-0.2, -0.15) is 0 Å². The van der Waals surface area contributed by atoms with Gasteiger partial charge in [0, 0.05) is 21.2 Å². The molecule has 4 nitrogen and oxygen atoms in total. The van der Waals surface area contributed by atoms with Gasteiger partial charge in [0.1, 0.15) is 23.0 Å². The van der Waals surface area contributed by atoms with Crippen LogP contribution >= 0.6 is 15.8 Å². The van der Waals surface area contributed by atoms with Crippen molar-refractivity contribution >= 4 is 37.1 Å². The smallest absolute Gasteiger partial charge is 0.126 e. The molecule has 0 aliphatic heterocycles. The summed E-state index contributed by atoms with van der Waals surface area (Å²) in [5, 5.41) is 5.12. The summed E-state index contributed by atoms with van der Waals surface area (Å²) in [6.45, 7) is 0. The minimum atomic E-state index is -0.769. The summed E-state index contributed by atoms with van der Waals surface area (Å²) in [7, 11) is 5.60. The maximum Gasteiger partial charge on any atom is 0.126 e. The van der Waals surface area contributed by atoms with Crippen LogP contribution in [0.25, 0.3) is 0 Å². The second-order valence-corrected chi connectivity index (χ2v) is 15.2. The number of hydrogen-bond acceptors (Lipinski definition) is 4. The van der Waals surface area contributed by atoms with E-state index < -0.39 is 15.8 Å². The molecular weight excluding hydrogens is 558 g/mol. The molecule has 0 spiro atoms. The van der Waals surface area contributed by atoms with Crippen molar-refractivity contribution in [3.05, 3.63) is 97.1 Å². The molecule has 0 aromatic heterocycles. The minimum absolute atomic E-state index is 0.138. The molecule has 5 rings (SSSR count). The highest BCUT2D eigenvalue weighted by Crippen LogP contribution is 2.55. The van der Waals surface area contributed by atoms with Crippen molar-refractivity contribution in [2.75, 3.05) is 40.8 Å².